The molecular formula is C24H19ClN2O3. The maximum absolute atomic E-state index is 10.9. The monoisotopic (exact) mass is 418 g/mol. The van der Waals surface area contributed by atoms with Crippen LogP contribution in [0.2, 0.25) is 5.02 Å². The van der Waals surface area contributed by atoms with Crippen molar-refractivity contribution in [3.63, 3.8) is 0 Å². The topological polar surface area (TPSA) is 75.2 Å². The number of aliphatic carboxylic acids is 1. The van der Waals surface area contributed by atoms with Crippen LogP contribution in [0.4, 0.5) is 0 Å². The van der Waals surface area contributed by atoms with Crippen LogP contribution in [0.1, 0.15) is 12.8 Å². The minimum Gasteiger partial charge on any atom is -0.481 e. The van der Waals surface area contributed by atoms with E-state index < -0.39 is 5.97 Å². The van der Waals surface area contributed by atoms with E-state index in [4.69, 9.17) is 21.4 Å². The van der Waals surface area contributed by atoms with E-state index in [2.05, 4.69) is 46.4 Å². The van der Waals surface area contributed by atoms with Gasteiger partial charge in [-0.25, -0.2) is 0 Å². The summed E-state index contributed by atoms with van der Waals surface area (Å²) in [6.45, 7) is 0. The van der Waals surface area contributed by atoms with Crippen molar-refractivity contribution >= 4 is 28.6 Å². The van der Waals surface area contributed by atoms with Gasteiger partial charge in [0.2, 0.25) is 0 Å². The zero-order valence-electron chi connectivity index (χ0n) is 16.0. The smallest absolute Gasteiger partial charge is 0.306 e. The third kappa shape index (κ3) is 3.53. The average Bonchev–Trinajstić information content (AvgIpc) is 3.11. The van der Waals surface area contributed by atoms with Crippen LogP contribution in [-0.2, 0) is 4.79 Å². The number of H-pyrrole nitrogens is 1. The van der Waals surface area contributed by atoms with Crippen molar-refractivity contribution in [3.05, 3.63) is 71.8 Å². The molecule has 0 atom stereocenters. The van der Waals surface area contributed by atoms with Crippen LogP contribution in [0.3, 0.4) is 0 Å². The van der Waals surface area contributed by atoms with Gasteiger partial charge >= 0.3 is 5.97 Å². The molecule has 0 aliphatic heterocycles. The Morgan fingerprint density at radius 2 is 1.67 bits per heavy atom. The number of aromatic nitrogens is 2. The Hall–Kier alpha value is -3.31. The Bertz CT molecular complexity index is 1210. The van der Waals surface area contributed by atoms with E-state index >= 15 is 0 Å². The van der Waals surface area contributed by atoms with Crippen molar-refractivity contribution in [2.75, 3.05) is 0 Å². The van der Waals surface area contributed by atoms with Gasteiger partial charge in [-0.3, -0.25) is 4.79 Å². The molecule has 5 rings (SSSR count). The second-order valence-corrected chi connectivity index (χ2v) is 7.99. The molecule has 0 bridgehead atoms. The third-order valence-electron chi connectivity index (χ3n) is 5.57. The van der Waals surface area contributed by atoms with Gasteiger partial charge in [0.25, 0.3) is 6.01 Å². The number of benzene rings is 3. The van der Waals surface area contributed by atoms with E-state index in [1.54, 1.807) is 0 Å². The first-order valence-corrected chi connectivity index (χ1v) is 10.2. The maximum Gasteiger partial charge on any atom is 0.306 e. The molecule has 1 aromatic heterocycles. The molecule has 1 fully saturated rings. The summed E-state index contributed by atoms with van der Waals surface area (Å²) in [6, 6.07) is 22.7. The summed E-state index contributed by atoms with van der Waals surface area (Å²) in [5, 5.41) is 9.61. The number of rotatable bonds is 5. The van der Waals surface area contributed by atoms with E-state index in [1.807, 2.05) is 30.3 Å². The van der Waals surface area contributed by atoms with E-state index in [-0.39, 0.29) is 12.0 Å². The molecule has 0 unspecified atom stereocenters. The van der Waals surface area contributed by atoms with Crippen LogP contribution in [0.25, 0.3) is 33.3 Å². The van der Waals surface area contributed by atoms with Crippen LogP contribution < -0.4 is 4.74 Å². The van der Waals surface area contributed by atoms with Crippen molar-refractivity contribution < 1.29 is 14.6 Å². The number of hydrogen-bond acceptors (Lipinski definition) is 3. The minimum absolute atomic E-state index is 0.118. The molecule has 4 aromatic rings. The highest BCUT2D eigenvalue weighted by molar-refractivity contribution is 6.34. The van der Waals surface area contributed by atoms with Crippen molar-refractivity contribution in [3.8, 4) is 28.3 Å². The highest BCUT2D eigenvalue weighted by Gasteiger charge is 2.36. The fraction of sp³-hybridized carbons (Fsp3) is 0.167. The number of ether oxygens (including phenoxy) is 1. The second-order valence-electron chi connectivity index (χ2n) is 7.58. The Morgan fingerprint density at radius 3 is 2.37 bits per heavy atom. The fourth-order valence-electron chi connectivity index (χ4n) is 3.78. The fourth-order valence-corrected chi connectivity index (χ4v) is 4.05. The molecule has 0 spiro atoms. The van der Waals surface area contributed by atoms with Gasteiger partial charge in [0, 0.05) is 5.56 Å². The summed E-state index contributed by atoms with van der Waals surface area (Å²) < 4.78 is 5.79. The summed E-state index contributed by atoms with van der Waals surface area (Å²) in [4.78, 5) is 18.6. The van der Waals surface area contributed by atoms with E-state index in [9.17, 15) is 4.79 Å². The molecule has 3 aromatic carbocycles. The molecule has 1 aliphatic carbocycles. The number of carboxylic acids is 1. The number of hydrogen-bond donors (Lipinski definition) is 2. The van der Waals surface area contributed by atoms with Gasteiger partial charge < -0.3 is 14.8 Å². The van der Waals surface area contributed by atoms with Crippen molar-refractivity contribution in [2.24, 2.45) is 5.92 Å². The number of carbonyl (C=O) groups is 1. The van der Waals surface area contributed by atoms with E-state index in [1.165, 1.54) is 5.56 Å². The molecule has 5 nitrogen and oxygen atoms in total. The van der Waals surface area contributed by atoms with Gasteiger partial charge in [-0.05, 0) is 41.7 Å². The predicted molar refractivity (Wildman–Crippen MR) is 117 cm³/mol. The first-order valence-electron chi connectivity index (χ1n) is 9.81. The lowest BCUT2D eigenvalue weighted by Crippen LogP contribution is -2.38. The van der Waals surface area contributed by atoms with Crippen LogP contribution in [0.5, 0.6) is 6.01 Å². The number of nitrogens with one attached hydrogen (secondary N) is 1. The first-order chi connectivity index (χ1) is 14.6. The molecule has 1 heterocycles. The van der Waals surface area contributed by atoms with Crippen molar-refractivity contribution in [1.82, 2.24) is 9.97 Å². The lowest BCUT2D eigenvalue weighted by molar-refractivity contribution is -0.148. The maximum atomic E-state index is 10.9. The zero-order valence-corrected chi connectivity index (χ0v) is 16.8. The van der Waals surface area contributed by atoms with Crippen LogP contribution in [0.15, 0.2) is 66.7 Å². The molecule has 6 heteroatoms. The summed E-state index contributed by atoms with van der Waals surface area (Å²) in [7, 11) is 0. The molecular weight excluding hydrogens is 400 g/mol. The minimum atomic E-state index is -0.769. The van der Waals surface area contributed by atoms with Crippen LogP contribution in [-0.4, -0.2) is 27.1 Å². The predicted octanol–water partition coefficient (Wildman–Crippen LogP) is 5.79. The van der Waals surface area contributed by atoms with Gasteiger partial charge in [0.1, 0.15) is 6.10 Å². The molecule has 2 N–H and O–H groups in total. The normalized spacial score (nSPS) is 18.2. The van der Waals surface area contributed by atoms with Gasteiger partial charge in [0.05, 0.1) is 22.0 Å². The third-order valence-corrected chi connectivity index (χ3v) is 5.89. The van der Waals surface area contributed by atoms with Crippen molar-refractivity contribution in [1.29, 1.82) is 0 Å². The Balaban J connectivity index is 1.38. The van der Waals surface area contributed by atoms with Gasteiger partial charge in [0.15, 0.2) is 0 Å². The van der Waals surface area contributed by atoms with Gasteiger partial charge in [-0.1, -0.05) is 66.2 Å². The highest BCUT2D eigenvalue weighted by Crippen LogP contribution is 2.35. The molecule has 0 amide bonds. The molecule has 0 saturated heterocycles. The lowest BCUT2D eigenvalue weighted by atomic mass is 9.82. The summed E-state index contributed by atoms with van der Waals surface area (Å²) >= 11 is 6.55. The number of fused-ring (bicyclic) bond motifs is 1. The number of halogens is 1. The first kappa shape index (κ1) is 18.7. The van der Waals surface area contributed by atoms with Crippen LogP contribution >= 0.6 is 11.6 Å². The summed E-state index contributed by atoms with van der Waals surface area (Å²) in [6.07, 6.45) is 0.894. The van der Waals surface area contributed by atoms with Gasteiger partial charge in [-0.15, -0.1) is 0 Å². The highest BCUT2D eigenvalue weighted by atomic mass is 35.5. The number of aromatic amines is 1. The van der Waals surface area contributed by atoms with E-state index in [0.29, 0.717) is 23.9 Å². The number of imidazole rings is 1. The Kier molecular flexibility index (Phi) is 4.68. The molecule has 1 aliphatic rings. The van der Waals surface area contributed by atoms with Crippen molar-refractivity contribution in [2.45, 2.75) is 18.9 Å². The SMILES string of the molecule is O=C(O)C1CC(Oc2nc3cc(-c4ccc(-c5ccccc5)cc4)c(Cl)cc3[nH]2)C1. The number of nitrogens with zero attached hydrogens (tertiary/aromatic N) is 1. The standard InChI is InChI=1S/C24H19ClN2O3/c25-20-13-22-21(26-24(27-22)30-18-10-17(11-18)23(28)29)12-19(20)16-8-6-15(7-9-16)14-4-2-1-3-5-14/h1-9,12-13,17-18H,10-11H2,(H,26,27)(H,28,29). The molecule has 0 radical (unpaired) electrons. The number of carboxylic acid groups (broad SMARTS) is 1. The van der Waals surface area contributed by atoms with Crippen LogP contribution in [0, 0.1) is 5.92 Å². The van der Waals surface area contributed by atoms with Gasteiger partial charge in [-0.2, -0.15) is 4.98 Å². The molecule has 1 saturated carbocycles. The Morgan fingerprint density at radius 1 is 1.00 bits per heavy atom. The second kappa shape index (κ2) is 7.50. The summed E-state index contributed by atoms with van der Waals surface area (Å²) in [5.74, 6) is -1.09. The largest absolute Gasteiger partial charge is 0.481 e. The zero-order chi connectivity index (χ0) is 20.7. The Labute approximate surface area is 178 Å². The molecule has 150 valence electrons. The average molecular weight is 419 g/mol. The lowest BCUT2D eigenvalue weighted by Gasteiger charge is -2.31. The molecule has 30 heavy (non-hydrogen) atoms. The summed E-state index contributed by atoms with van der Waals surface area (Å²) in [5.41, 5.74) is 5.76. The quantitative estimate of drug-likeness (QED) is 0.430. The van der Waals surface area contributed by atoms with E-state index in [0.717, 1.165) is 27.7 Å².